The van der Waals surface area contributed by atoms with Gasteiger partial charge in [0.15, 0.2) is 6.79 Å². The largest absolute Gasteiger partial charge is 1.00 e. The fourth-order valence-corrected chi connectivity index (χ4v) is 0.589. The molecular weight excluding hydrogens is 273 g/mol. The van der Waals surface area contributed by atoms with E-state index in [9.17, 15) is 0 Å². The minimum Gasteiger partial charge on any atom is -1.00 e. The van der Waals surface area contributed by atoms with E-state index in [1.54, 1.807) is 13.2 Å². The van der Waals surface area contributed by atoms with Gasteiger partial charge in [-0.1, -0.05) is 18.2 Å². The van der Waals surface area contributed by atoms with Gasteiger partial charge in [0, 0.05) is 32.7 Å². The Morgan fingerprint density at radius 1 is 1.42 bits per heavy atom. The number of para-hydroxylation sites is 1. The van der Waals surface area contributed by atoms with Crippen LogP contribution in [0.2, 0.25) is 0 Å². The van der Waals surface area contributed by atoms with Crippen LogP contribution in [-0.4, -0.2) is 13.9 Å². The summed E-state index contributed by atoms with van der Waals surface area (Å²) in [5.41, 5.74) is 0. The molecule has 0 saturated carbocycles. The number of halogens is 1. The predicted octanol–water partition coefficient (Wildman–Crippen LogP) is -1.53. The third kappa shape index (κ3) is 5.70. The molecule has 0 aliphatic rings. The molecule has 1 aromatic rings. The molecule has 0 atom stereocenters. The molecule has 4 heteroatoms. The van der Waals surface area contributed by atoms with Crippen molar-refractivity contribution < 1.29 is 45.9 Å². The SMILES string of the molecule is COCOc1[c]cccc1.[Br-].[Zn]. The van der Waals surface area contributed by atoms with E-state index in [2.05, 4.69) is 6.07 Å². The van der Waals surface area contributed by atoms with Crippen molar-refractivity contribution in [1.82, 2.24) is 0 Å². The van der Waals surface area contributed by atoms with Gasteiger partial charge in [-0.25, -0.2) is 0 Å². The molecule has 1 aromatic carbocycles. The fraction of sp³-hybridized carbons (Fsp3) is 0.250. The van der Waals surface area contributed by atoms with Crippen molar-refractivity contribution in [1.29, 1.82) is 0 Å². The number of ether oxygens (including phenoxy) is 2. The Morgan fingerprint density at radius 2 is 2.17 bits per heavy atom. The minimum absolute atomic E-state index is 0. The summed E-state index contributed by atoms with van der Waals surface area (Å²) in [6.07, 6.45) is 0. The molecule has 0 amide bonds. The summed E-state index contributed by atoms with van der Waals surface area (Å²) in [5, 5.41) is 0. The molecular formula is C8H9BrO2Zn-. The fourth-order valence-electron chi connectivity index (χ4n) is 0.589. The molecule has 0 saturated heterocycles. The van der Waals surface area contributed by atoms with Crippen LogP contribution >= 0.6 is 0 Å². The average Bonchev–Trinajstić information content (AvgIpc) is 2.03. The number of benzene rings is 1. The van der Waals surface area contributed by atoms with Gasteiger partial charge in [0.05, 0.1) is 0 Å². The van der Waals surface area contributed by atoms with Crippen LogP contribution in [0.25, 0.3) is 0 Å². The molecule has 0 N–H and O–H groups in total. The molecule has 1 rings (SSSR count). The zero-order valence-electron chi connectivity index (χ0n) is 6.92. The maximum absolute atomic E-state index is 5.08. The Morgan fingerprint density at radius 3 is 2.67 bits per heavy atom. The van der Waals surface area contributed by atoms with Gasteiger partial charge in [0.25, 0.3) is 0 Å². The van der Waals surface area contributed by atoms with Gasteiger partial charge >= 0.3 is 0 Å². The summed E-state index contributed by atoms with van der Waals surface area (Å²) in [7, 11) is 1.59. The molecule has 63 valence electrons. The second-order valence-corrected chi connectivity index (χ2v) is 1.78. The summed E-state index contributed by atoms with van der Waals surface area (Å²) in [5.74, 6) is 0.712. The van der Waals surface area contributed by atoms with Gasteiger partial charge in [-0.15, -0.1) is 0 Å². The molecule has 0 aliphatic carbocycles. The molecule has 0 heterocycles. The zero-order chi connectivity index (χ0) is 7.23. The standard InChI is InChI=1S/C8H9O2.BrH.Zn/c1-9-7-10-8-5-3-2-4-6-8;;/h2-5H,7H2,1H3;1H;/p-1. The Labute approximate surface area is 95.8 Å². The Bertz CT molecular complexity index is 182. The van der Waals surface area contributed by atoms with E-state index in [1.807, 2.05) is 18.2 Å². The van der Waals surface area contributed by atoms with Gasteiger partial charge in [-0.2, -0.15) is 0 Å². The first kappa shape index (κ1) is 14.6. The number of rotatable bonds is 3. The molecule has 0 aliphatic heterocycles. The first-order chi connectivity index (χ1) is 4.93. The smallest absolute Gasteiger partial charge is 0.188 e. The molecule has 0 spiro atoms. The van der Waals surface area contributed by atoms with Crippen LogP contribution in [0.5, 0.6) is 5.75 Å². The van der Waals surface area contributed by atoms with Crippen LogP contribution in [0.1, 0.15) is 0 Å². The van der Waals surface area contributed by atoms with Gasteiger partial charge in [0.1, 0.15) is 5.75 Å². The molecule has 1 radical (unpaired) electrons. The van der Waals surface area contributed by atoms with Crippen LogP contribution < -0.4 is 21.7 Å². The second kappa shape index (κ2) is 9.17. The molecule has 0 unspecified atom stereocenters. The normalized spacial score (nSPS) is 7.75. The molecule has 0 fully saturated rings. The maximum Gasteiger partial charge on any atom is 0.188 e. The molecule has 0 aromatic heterocycles. The maximum atomic E-state index is 5.08. The van der Waals surface area contributed by atoms with Gasteiger partial charge in [-0.3, -0.25) is 0 Å². The number of methoxy groups -OCH3 is 1. The molecule has 2 nitrogen and oxygen atoms in total. The molecule has 0 bridgehead atoms. The van der Waals surface area contributed by atoms with E-state index >= 15 is 0 Å². The van der Waals surface area contributed by atoms with Crippen LogP contribution in [0.3, 0.4) is 0 Å². The number of hydrogen-bond donors (Lipinski definition) is 0. The van der Waals surface area contributed by atoms with E-state index < -0.39 is 0 Å². The number of hydrogen-bond acceptors (Lipinski definition) is 2. The van der Waals surface area contributed by atoms with Crippen molar-refractivity contribution in [3.63, 3.8) is 0 Å². The Balaban J connectivity index is 0. The van der Waals surface area contributed by atoms with Crippen molar-refractivity contribution in [3.05, 3.63) is 30.3 Å². The quantitative estimate of drug-likeness (QED) is 0.495. The zero-order valence-corrected chi connectivity index (χ0v) is 11.5. The second-order valence-electron chi connectivity index (χ2n) is 1.78. The van der Waals surface area contributed by atoms with E-state index in [1.165, 1.54) is 0 Å². The van der Waals surface area contributed by atoms with Crippen molar-refractivity contribution in [2.24, 2.45) is 0 Å². The van der Waals surface area contributed by atoms with Crippen LogP contribution in [0, 0.1) is 6.07 Å². The topological polar surface area (TPSA) is 18.5 Å². The van der Waals surface area contributed by atoms with E-state index in [4.69, 9.17) is 9.47 Å². The van der Waals surface area contributed by atoms with Crippen molar-refractivity contribution >= 4 is 0 Å². The Hall–Kier alpha value is 0.0834. The van der Waals surface area contributed by atoms with Crippen LogP contribution in [0.15, 0.2) is 24.3 Å². The summed E-state index contributed by atoms with van der Waals surface area (Å²) in [6, 6.07) is 10.3. The first-order valence-electron chi connectivity index (χ1n) is 3.02. The monoisotopic (exact) mass is 280 g/mol. The van der Waals surface area contributed by atoms with E-state index in [0.29, 0.717) is 5.75 Å². The predicted molar refractivity (Wildman–Crippen MR) is 37.8 cm³/mol. The summed E-state index contributed by atoms with van der Waals surface area (Å²) >= 11 is 0. The van der Waals surface area contributed by atoms with Crippen molar-refractivity contribution in [2.75, 3.05) is 13.9 Å². The minimum atomic E-state index is 0. The van der Waals surface area contributed by atoms with Gasteiger partial charge in [0.2, 0.25) is 0 Å². The molecule has 12 heavy (non-hydrogen) atoms. The van der Waals surface area contributed by atoms with E-state index in [-0.39, 0.29) is 43.3 Å². The first-order valence-corrected chi connectivity index (χ1v) is 3.02. The third-order valence-electron chi connectivity index (χ3n) is 1.01. The Kier molecular flexibility index (Phi) is 11.2. The van der Waals surface area contributed by atoms with Crippen LogP contribution in [0.4, 0.5) is 0 Å². The van der Waals surface area contributed by atoms with Gasteiger partial charge in [-0.05, 0) is 6.07 Å². The van der Waals surface area contributed by atoms with Crippen molar-refractivity contribution in [2.45, 2.75) is 0 Å². The average molecular weight is 282 g/mol. The summed E-state index contributed by atoms with van der Waals surface area (Å²) in [6.45, 7) is 0.278. The summed E-state index contributed by atoms with van der Waals surface area (Å²) < 4.78 is 9.78. The summed E-state index contributed by atoms with van der Waals surface area (Å²) in [4.78, 5) is 0. The van der Waals surface area contributed by atoms with Gasteiger partial charge < -0.3 is 26.5 Å². The third-order valence-corrected chi connectivity index (χ3v) is 1.01. The van der Waals surface area contributed by atoms with E-state index in [0.717, 1.165) is 0 Å². The van der Waals surface area contributed by atoms with Crippen LogP contribution in [-0.2, 0) is 24.2 Å². The van der Waals surface area contributed by atoms with Crippen molar-refractivity contribution in [3.8, 4) is 5.75 Å².